The van der Waals surface area contributed by atoms with Crippen molar-refractivity contribution in [3.05, 3.63) is 65.0 Å². The fraction of sp³-hybridized carbons (Fsp3) is 0.118. The van der Waals surface area contributed by atoms with Gasteiger partial charge in [-0.25, -0.2) is 0 Å². The third-order valence-electron chi connectivity index (χ3n) is 3.08. The number of fused-ring (bicyclic) bond motifs is 1. The molecule has 3 aromatic rings. The molecular weight excluding hydrogens is 266 g/mol. The standard InChI is InChI=1S/C17H15NO3/c1-2-20-13-7-9-14(10-8-13)21-15-5-3-4-12-6-11-16(19)18-17(12)15/h3-11H,2H2,1H3,(H,18,19). The molecule has 21 heavy (non-hydrogen) atoms. The predicted octanol–water partition coefficient (Wildman–Crippen LogP) is 3.72. The normalized spacial score (nSPS) is 10.5. The lowest BCUT2D eigenvalue weighted by Gasteiger charge is -2.09. The summed E-state index contributed by atoms with van der Waals surface area (Å²) in [6.45, 7) is 2.57. The zero-order chi connectivity index (χ0) is 14.7. The summed E-state index contributed by atoms with van der Waals surface area (Å²) in [5, 5.41) is 0.929. The quantitative estimate of drug-likeness (QED) is 0.793. The lowest BCUT2D eigenvalue weighted by Crippen LogP contribution is -2.03. The van der Waals surface area contributed by atoms with Crippen molar-refractivity contribution in [1.29, 1.82) is 0 Å². The molecule has 0 saturated carbocycles. The van der Waals surface area contributed by atoms with Crippen molar-refractivity contribution in [3.63, 3.8) is 0 Å². The van der Waals surface area contributed by atoms with Crippen LogP contribution in [-0.2, 0) is 0 Å². The maximum Gasteiger partial charge on any atom is 0.248 e. The van der Waals surface area contributed by atoms with Crippen LogP contribution < -0.4 is 15.0 Å². The van der Waals surface area contributed by atoms with Crippen molar-refractivity contribution in [2.45, 2.75) is 6.92 Å². The number of rotatable bonds is 4. The number of para-hydroxylation sites is 1. The largest absolute Gasteiger partial charge is 0.494 e. The van der Waals surface area contributed by atoms with E-state index in [1.165, 1.54) is 6.07 Å². The molecule has 0 aliphatic carbocycles. The summed E-state index contributed by atoms with van der Waals surface area (Å²) in [5.41, 5.74) is 0.545. The Morgan fingerprint density at radius 3 is 2.48 bits per heavy atom. The third-order valence-corrected chi connectivity index (χ3v) is 3.08. The second-order valence-electron chi connectivity index (χ2n) is 4.55. The molecule has 0 spiro atoms. The number of aromatic nitrogens is 1. The molecule has 2 aromatic carbocycles. The van der Waals surface area contributed by atoms with Gasteiger partial charge in [0.05, 0.1) is 12.1 Å². The number of hydrogen-bond donors (Lipinski definition) is 1. The highest BCUT2D eigenvalue weighted by molar-refractivity contribution is 5.84. The SMILES string of the molecule is CCOc1ccc(Oc2cccc3ccc(=O)[nH]c23)cc1. The van der Waals surface area contributed by atoms with E-state index < -0.39 is 0 Å². The van der Waals surface area contributed by atoms with Crippen molar-refractivity contribution in [1.82, 2.24) is 4.98 Å². The maximum absolute atomic E-state index is 11.5. The topological polar surface area (TPSA) is 51.3 Å². The lowest BCUT2D eigenvalue weighted by molar-refractivity contribution is 0.339. The smallest absolute Gasteiger partial charge is 0.248 e. The molecular formula is C17H15NO3. The Bertz CT molecular complexity index is 806. The van der Waals surface area contributed by atoms with Crippen LogP contribution in [-0.4, -0.2) is 11.6 Å². The van der Waals surface area contributed by atoms with Gasteiger partial charge in [0.2, 0.25) is 5.56 Å². The van der Waals surface area contributed by atoms with Gasteiger partial charge in [-0.05, 0) is 43.3 Å². The van der Waals surface area contributed by atoms with Crippen molar-refractivity contribution in [2.24, 2.45) is 0 Å². The number of H-pyrrole nitrogens is 1. The zero-order valence-corrected chi connectivity index (χ0v) is 11.6. The van der Waals surface area contributed by atoms with Crippen LogP contribution in [0.1, 0.15) is 6.92 Å². The van der Waals surface area contributed by atoms with E-state index in [9.17, 15) is 4.79 Å². The minimum absolute atomic E-state index is 0.148. The molecule has 1 N–H and O–H groups in total. The third kappa shape index (κ3) is 2.89. The first kappa shape index (κ1) is 13.2. The molecule has 1 heterocycles. The van der Waals surface area contributed by atoms with E-state index in [1.807, 2.05) is 49.4 Å². The summed E-state index contributed by atoms with van der Waals surface area (Å²) in [4.78, 5) is 14.3. The van der Waals surface area contributed by atoms with Crippen LogP contribution in [0.5, 0.6) is 17.2 Å². The van der Waals surface area contributed by atoms with Crippen LogP contribution in [0.3, 0.4) is 0 Å². The molecule has 0 bridgehead atoms. The Morgan fingerprint density at radius 1 is 0.952 bits per heavy atom. The second-order valence-corrected chi connectivity index (χ2v) is 4.55. The van der Waals surface area contributed by atoms with Crippen LogP contribution in [0, 0.1) is 0 Å². The first-order valence-corrected chi connectivity index (χ1v) is 6.79. The highest BCUT2D eigenvalue weighted by Crippen LogP contribution is 2.28. The number of nitrogens with one attached hydrogen (secondary N) is 1. The summed E-state index contributed by atoms with van der Waals surface area (Å²) in [7, 11) is 0. The van der Waals surface area contributed by atoms with Crippen molar-refractivity contribution < 1.29 is 9.47 Å². The highest BCUT2D eigenvalue weighted by Gasteiger charge is 2.04. The van der Waals surface area contributed by atoms with Gasteiger partial charge in [0.25, 0.3) is 0 Å². The Morgan fingerprint density at radius 2 is 1.71 bits per heavy atom. The van der Waals surface area contributed by atoms with E-state index >= 15 is 0 Å². The molecule has 0 radical (unpaired) electrons. The van der Waals surface area contributed by atoms with Crippen molar-refractivity contribution >= 4 is 10.9 Å². The maximum atomic E-state index is 11.5. The number of ether oxygens (including phenoxy) is 2. The average molecular weight is 281 g/mol. The first-order chi connectivity index (χ1) is 10.3. The lowest BCUT2D eigenvalue weighted by atomic mass is 10.2. The average Bonchev–Trinajstić information content (AvgIpc) is 2.50. The van der Waals surface area contributed by atoms with E-state index in [4.69, 9.17) is 9.47 Å². The molecule has 0 atom stereocenters. The van der Waals surface area contributed by atoms with Gasteiger partial charge in [-0.15, -0.1) is 0 Å². The fourth-order valence-electron chi connectivity index (χ4n) is 2.13. The minimum Gasteiger partial charge on any atom is -0.494 e. The predicted molar refractivity (Wildman–Crippen MR) is 82.3 cm³/mol. The van der Waals surface area contributed by atoms with Gasteiger partial charge in [0, 0.05) is 11.5 Å². The van der Waals surface area contributed by atoms with E-state index in [-0.39, 0.29) is 5.56 Å². The van der Waals surface area contributed by atoms with E-state index in [1.54, 1.807) is 6.07 Å². The van der Waals surface area contributed by atoms with Crippen molar-refractivity contribution in [3.8, 4) is 17.2 Å². The number of hydrogen-bond acceptors (Lipinski definition) is 3. The monoisotopic (exact) mass is 281 g/mol. The Kier molecular flexibility index (Phi) is 3.60. The van der Waals surface area contributed by atoms with Crippen LogP contribution in [0.4, 0.5) is 0 Å². The Balaban J connectivity index is 1.94. The minimum atomic E-state index is -0.148. The molecule has 106 valence electrons. The van der Waals surface area contributed by atoms with E-state index in [0.717, 1.165) is 11.1 Å². The molecule has 0 fully saturated rings. The fourth-order valence-corrected chi connectivity index (χ4v) is 2.13. The van der Waals surface area contributed by atoms with Gasteiger partial charge in [0.1, 0.15) is 11.5 Å². The number of pyridine rings is 1. The zero-order valence-electron chi connectivity index (χ0n) is 11.6. The second kappa shape index (κ2) is 5.71. The van der Waals surface area contributed by atoms with E-state index in [0.29, 0.717) is 23.6 Å². The van der Waals surface area contributed by atoms with Gasteiger partial charge < -0.3 is 14.5 Å². The summed E-state index contributed by atoms with van der Waals surface area (Å²) < 4.78 is 11.2. The van der Waals surface area contributed by atoms with Gasteiger partial charge in [-0.3, -0.25) is 4.79 Å². The molecule has 4 heteroatoms. The van der Waals surface area contributed by atoms with Crippen LogP contribution >= 0.6 is 0 Å². The molecule has 0 aliphatic rings. The molecule has 4 nitrogen and oxygen atoms in total. The first-order valence-electron chi connectivity index (χ1n) is 6.79. The molecule has 0 amide bonds. The Hall–Kier alpha value is -2.75. The summed E-state index contributed by atoms with van der Waals surface area (Å²) in [6, 6.07) is 16.3. The number of aromatic amines is 1. The Labute approximate surface area is 122 Å². The summed E-state index contributed by atoms with van der Waals surface area (Å²) >= 11 is 0. The molecule has 1 aromatic heterocycles. The summed E-state index contributed by atoms with van der Waals surface area (Å²) in [5.74, 6) is 2.11. The number of benzene rings is 2. The van der Waals surface area contributed by atoms with Crippen molar-refractivity contribution in [2.75, 3.05) is 6.61 Å². The van der Waals surface area contributed by atoms with Gasteiger partial charge in [-0.2, -0.15) is 0 Å². The highest BCUT2D eigenvalue weighted by atomic mass is 16.5. The molecule has 3 rings (SSSR count). The summed E-state index contributed by atoms with van der Waals surface area (Å²) in [6.07, 6.45) is 0. The van der Waals surface area contributed by atoms with Crippen LogP contribution in [0.25, 0.3) is 10.9 Å². The van der Waals surface area contributed by atoms with Gasteiger partial charge in [-0.1, -0.05) is 12.1 Å². The van der Waals surface area contributed by atoms with Crippen LogP contribution in [0.15, 0.2) is 59.4 Å². The molecule has 0 saturated heterocycles. The van der Waals surface area contributed by atoms with Gasteiger partial charge in [0.15, 0.2) is 5.75 Å². The van der Waals surface area contributed by atoms with Gasteiger partial charge >= 0.3 is 0 Å². The van der Waals surface area contributed by atoms with E-state index in [2.05, 4.69) is 4.98 Å². The van der Waals surface area contributed by atoms with Crippen LogP contribution in [0.2, 0.25) is 0 Å². The molecule has 0 aliphatic heterocycles. The molecule has 0 unspecified atom stereocenters.